The average Bonchev–Trinajstić information content (AvgIpc) is 2.84. The summed E-state index contributed by atoms with van der Waals surface area (Å²) in [6.45, 7) is 2.67. The van der Waals surface area contributed by atoms with Crippen LogP contribution in [0, 0.1) is 11.3 Å². The molecule has 4 heteroatoms. The molecule has 1 aromatic rings. The Morgan fingerprint density at radius 2 is 2.17 bits per heavy atom. The van der Waals surface area contributed by atoms with Crippen LogP contribution in [0.15, 0.2) is 24.3 Å². The van der Waals surface area contributed by atoms with Crippen molar-refractivity contribution in [2.45, 2.75) is 31.7 Å². The summed E-state index contributed by atoms with van der Waals surface area (Å²) < 4.78 is 0. The van der Waals surface area contributed by atoms with Crippen molar-refractivity contribution in [2.24, 2.45) is 0 Å². The molecule has 0 aliphatic carbocycles. The number of nitrogens with zero attached hydrogens (tertiary/aromatic N) is 2. The van der Waals surface area contributed by atoms with E-state index in [1.54, 1.807) is 12.1 Å². The van der Waals surface area contributed by atoms with Gasteiger partial charge in [-0.2, -0.15) is 5.26 Å². The maximum atomic E-state index is 11.6. The number of aliphatic carboxylic acids is 1. The van der Waals surface area contributed by atoms with Gasteiger partial charge < -0.3 is 10.0 Å². The van der Waals surface area contributed by atoms with E-state index in [0.29, 0.717) is 18.4 Å². The van der Waals surface area contributed by atoms with Crippen molar-refractivity contribution in [2.75, 3.05) is 11.4 Å². The largest absolute Gasteiger partial charge is 0.479 e. The third-order valence-electron chi connectivity index (χ3n) is 3.78. The number of hydrogen-bond donors (Lipinski definition) is 1. The summed E-state index contributed by atoms with van der Waals surface area (Å²) in [6.07, 6.45) is 2.15. The molecule has 0 amide bonds. The SMILES string of the molecule is CCC1(C(=O)O)CCCN1c1ccc(C#N)cc1. The monoisotopic (exact) mass is 244 g/mol. The predicted molar refractivity (Wildman–Crippen MR) is 68.4 cm³/mol. The van der Waals surface area contributed by atoms with E-state index in [2.05, 4.69) is 6.07 Å². The summed E-state index contributed by atoms with van der Waals surface area (Å²) in [5.41, 5.74) is 0.694. The molecule has 1 heterocycles. The molecule has 1 aromatic carbocycles. The van der Waals surface area contributed by atoms with E-state index >= 15 is 0 Å². The number of carboxylic acid groups (broad SMARTS) is 1. The summed E-state index contributed by atoms with van der Waals surface area (Å²) >= 11 is 0. The van der Waals surface area contributed by atoms with E-state index in [0.717, 1.165) is 18.7 Å². The minimum Gasteiger partial charge on any atom is -0.479 e. The molecule has 1 N–H and O–H groups in total. The first-order chi connectivity index (χ1) is 8.64. The van der Waals surface area contributed by atoms with Crippen LogP contribution in [0.3, 0.4) is 0 Å². The van der Waals surface area contributed by atoms with Crippen LogP contribution < -0.4 is 4.90 Å². The van der Waals surface area contributed by atoms with Crippen molar-refractivity contribution in [3.05, 3.63) is 29.8 Å². The number of benzene rings is 1. The van der Waals surface area contributed by atoms with Gasteiger partial charge >= 0.3 is 5.97 Å². The molecule has 94 valence electrons. The normalized spacial score (nSPS) is 22.8. The number of anilines is 1. The van der Waals surface area contributed by atoms with Crippen LogP contribution >= 0.6 is 0 Å². The van der Waals surface area contributed by atoms with Gasteiger partial charge in [-0.3, -0.25) is 0 Å². The number of nitriles is 1. The van der Waals surface area contributed by atoms with E-state index in [9.17, 15) is 9.90 Å². The Morgan fingerprint density at radius 3 is 2.67 bits per heavy atom. The Balaban J connectivity index is 2.36. The molecular weight excluding hydrogens is 228 g/mol. The van der Waals surface area contributed by atoms with Gasteiger partial charge in [-0.05, 0) is 43.5 Å². The molecule has 0 spiro atoms. The number of carbonyl (C=O) groups is 1. The minimum atomic E-state index is -0.784. The van der Waals surface area contributed by atoms with Crippen LogP contribution in [0.2, 0.25) is 0 Å². The van der Waals surface area contributed by atoms with Crippen LogP contribution in [-0.2, 0) is 4.79 Å². The van der Waals surface area contributed by atoms with Crippen molar-refractivity contribution in [3.63, 3.8) is 0 Å². The molecule has 0 aromatic heterocycles. The second-order valence-electron chi connectivity index (χ2n) is 4.60. The second-order valence-corrected chi connectivity index (χ2v) is 4.60. The van der Waals surface area contributed by atoms with E-state index in [4.69, 9.17) is 5.26 Å². The third kappa shape index (κ3) is 1.82. The molecule has 1 aliphatic heterocycles. The lowest BCUT2D eigenvalue weighted by Gasteiger charge is -2.35. The zero-order valence-electron chi connectivity index (χ0n) is 10.4. The van der Waals surface area contributed by atoms with Crippen molar-refractivity contribution < 1.29 is 9.90 Å². The Bertz CT molecular complexity index is 490. The van der Waals surface area contributed by atoms with E-state index in [-0.39, 0.29) is 0 Å². The molecule has 1 unspecified atom stereocenters. The summed E-state index contributed by atoms with van der Waals surface area (Å²) in [5.74, 6) is -0.758. The molecule has 0 radical (unpaired) electrons. The fraction of sp³-hybridized carbons (Fsp3) is 0.429. The predicted octanol–water partition coefficient (Wildman–Crippen LogP) is 2.39. The Morgan fingerprint density at radius 1 is 1.50 bits per heavy atom. The van der Waals surface area contributed by atoms with Gasteiger partial charge in [0, 0.05) is 12.2 Å². The topological polar surface area (TPSA) is 64.3 Å². The number of carboxylic acids is 1. The second kappa shape index (κ2) is 4.69. The first-order valence-electron chi connectivity index (χ1n) is 6.15. The highest BCUT2D eigenvalue weighted by Crippen LogP contribution is 2.36. The van der Waals surface area contributed by atoms with Crippen molar-refractivity contribution in [1.82, 2.24) is 0 Å². The van der Waals surface area contributed by atoms with E-state index in [1.807, 2.05) is 24.0 Å². The lowest BCUT2D eigenvalue weighted by molar-refractivity contribution is -0.143. The Kier molecular flexibility index (Phi) is 3.24. The minimum absolute atomic E-state index is 0.586. The van der Waals surface area contributed by atoms with E-state index < -0.39 is 11.5 Å². The standard InChI is InChI=1S/C14H16N2O2/c1-2-14(13(17)18)8-3-9-16(14)12-6-4-11(10-15)5-7-12/h4-7H,2-3,8-9H2,1H3,(H,17,18). The smallest absolute Gasteiger partial charge is 0.329 e. The highest BCUT2D eigenvalue weighted by atomic mass is 16.4. The lowest BCUT2D eigenvalue weighted by Crippen LogP contribution is -2.50. The molecule has 0 bridgehead atoms. The molecule has 18 heavy (non-hydrogen) atoms. The van der Waals surface area contributed by atoms with Crippen molar-refractivity contribution in [3.8, 4) is 6.07 Å². The van der Waals surface area contributed by atoms with Crippen LogP contribution in [0.5, 0.6) is 0 Å². The molecule has 1 saturated heterocycles. The fourth-order valence-electron chi connectivity index (χ4n) is 2.71. The maximum Gasteiger partial charge on any atom is 0.329 e. The van der Waals surface area contributed by atoms with Crippen LogP contribution in [-0.4, -0.2) is 23.2 Å². The molecule has 2 rings (SSSR count). The summed E-state index contributed by atoms with van der Waals surface area (Å²) in [5, 5.41) is 18.3. The van der Waals surface area contributed by atoms with Gasteiger partial charge in [0.05, 0.1) is 11.6 Å². The summed E-state index contributed by atoms with van der Waals surface area (Å²) in [6, 6.07) is 9.19. The zero-order valence-corrected chi connectivity index (χ0v) is 10.4. The molecule has 1 atom stereocenters. The lowest BCUT2D eigenvalue weighted by atomic mass is 9.92. The van der Waals surface area contributed by atoms with Crippen molar-refractivity contribution >= 4 is 11.7 Å². The van der Waals surface area contributed by atoms with Gasteiger partial charge in [0.15, 0.2) is 0 Å². The zero-order chi connectivity index (χ0) is 13.2. The first-order valence-corrected chi connectivity index (χ1v) is 6.15. The van der Waals surface area contributed by atoms with Gasteiger partial charge in [0.1, 0.15) is 5.54 Å². The summed E-state index contributed by atoms with van der Waals surface area (Å²) in [7, 11) is 0. The first kappa shape index (κ1) is 12.4. The molecule has 1 fully saturated rings. The highest BCUT2D eigenvalue weighted by Gasteiger charge is 2.46. The van der Waals surface area contributed by atoms with Gasteiger partial charge in [0.2, 0.25) is 0 Å². The van der Waals surface area contributed by atoms with Crippen LogP contribution in [0.1, 0.15) is 31.7 Å². The van der Waals surface area contributed by atoms with E-state index in [1.165, 1.54) is 0 Å². The molecule has 0 saturated carbocycles. The van der Waals surface area contributed by atoms with Gasteiger partial charge in [-0.15, -0.1) is 0 Å². The van der Waals surface area contributed by atoms with Crippen LogP contribution in [0.4, 0.5) is 5.69 Å². The molecule has 1 aliphatic rings. The highest BCUT2D eigenvalue weighted by molar-refractivity contribution is 5.84. The van der Waals surface area contributed by atoms with Crippen LogP contribution in [0.25, 0.3) is 0 Å². The number of rotatable bonds is 3. The molecule has 4 nitrogen and oxygen atoms in total. The van der Waals surface area contributed by atoms with Gasteiger partial charge in [0.25, 0.3) is 0 Å². The Hall–Kier alpha value is -2.02. The third-order valence-corrected chi connectivity index (χ3v) is 3.78. The summed E-state index contributed by atoms with van der Waals surface area (Å²) in [4.78, 5) is 13.5. The average molecular weight is 244 g/mol. The van der Waals surface area contributed by atoms with Gasteiger partial charge in [-0.1, -0.05) is 6.92 Å². The molecular formula is C14H16N2O2. The fourth-order valence-corrected chi connectivity index (χ4v) is 2.71. The van der Waals surface area contributed by atoms with Crippen molar-refractivity contribution in [1.29, 1.82) is 5.26 Å². The van der Waals surface area contributed by atoms with Gasteiger partial charge in [-0.25, -0.2) is 4.79 Å². The number of hydrogen-bond acceptors (Lipinski definition) is 3. The Labute approximate surface area is 106 Å². The quantitative estimate of drug-likeness (QED) is 0.886. The maximum absolute atomic E-state index is 11.6.